The van der Waals surface area contributed by atoms with E-state index in [0.29, 0.717) is 18.7 Å². The molecule has 0 saturated carbocycles. The van der Waals surface area contributed by atoms with Crippen molar-refractivity contribution >= 4 is 22.6 Å². The third kappa shape index (κ3) is 5.87. The molecule has 0 unspecified atom stereocenters. The molecule has 0 radical (unpaired) electrons. The van der Waals surface area contributed by atoms with E-state index in [1.165, 1.54) is 0 Å². The summed E-state index contributed by atoms with van der Waals surface area (Å²) in [5, 5.41) is 7.83. The second-order valence-corrected chi connectivity index (χ2v) is 5.94. The van der Waals surface area contributed by atoms with Gasteiger partial charge in [-0.25, -0.2) is 0 Å². The predicted molar refractivity (Wildman–Crippen MR) is 102 cm³/mol. The lowest BCUT2D eigenvalue weighted by Gasteiger charge is -2.17. The summed E-state index contributed by atoms with van der Waals surface area (Å²) in [5.74, 6) is -0.187. The molecule has 25 heavy (non-hydrogen) atoms. The molecular formula is C20H27N3O2. The monoisotopic (exact) mass is 341 g/mol. The summed E-state index contributed by atoms with van der Waals surface area (Å²) >= 11 is 0. The molecule has 0 heterocycles. The van der Waals surface area contributed by atoms with E-state index in [0.717, 1.165) is 30.4 Å². The first kappa shape index (κ1) is 18.9. The highest BCUT2D eigenvalue weighted by atomic mass is 16.2. The minimum atomic E-state index is -0.151. The molecule has 5 heteroatoms. The lowest BCUT2D eigenvalue weighted by Crippen LogP contribution is -2.36. The number of nitrogens with zero attached hydrogens (tertiary/aromatic N) is 1. The molecule has 2 N–H and O–H groups in total. The minimum absolute atomic E-state index is 0.0361. The zero-order chi connectivity index (χ0) is 18.1. The van der Waals surface area contributed by atoms with E-state index in [4.69, 9.17) is 0 Å². The van der Waals surface area contributed by atoms with Gasteiger partial charge in [0.1, 0.15) is 0 Å². The van der Waals surface area contributed by atoms with Crippen molar-refractivity contribution in [2.75, 3.05) is 32.7 Å². The van der Waals surface area contributed by atoms with Crippen LogP contribution < -0.4 is 10.6 Å². The molecule has 0 atom stereocenters. The van der Waals surface area contributed by atoms with Crippen molar-refractivity contribution < 1.29 is 9.59 Å². The Morgan fingerprint density at radius 2 is 1.64 bits per heavy atom. The summed E-state index contributed by atoms with van der Waals surface area (Å²) in [4.78, 5) is 26.3. The van der Waals surface area contributed by atoms with Gasteiger partial charge in [0.15, 0.2) is 0 Å². The number of rotatable bonds is 9. The number of nitrogens with one attached hydrogen (secondary N) is 2. The van der Waals surface area contributed by atoms with Gasteiger partial charge < -0.3 is 15.5 Å². The molecule has 2 rings (SSSR count). The fraction of sp³-hybridized carbons (Fsp3) is 0.400. The Kier molecular flexibility index (Phi) is 7.41. The van der Waals surface area contributed by atoms with Crippen molar-refractivity contribution in [3.8, 4) is 0 Å². The van der Waals surface area contributed by atoms with Crippen molar-refractivity contribution in [3.63, 3.8) is 0 Å². The van der Waals surface area contributed by atoms with Gasteiger partial charge in [0.25, 0.3) is 5.91 Å². The van der Waals surface area contributed by atoms with Gasteiger partial charge in [-0.3, -0.25) is 9.59 Å². The van der Waals surface area contributed by atoms with Crippen LogP contribution in [0.15, 0.2) is 42.5 Å². The second kappa shape index (κ2) is 9.79. The Hall–Kier alpha value is -2.40. The minimum Gasteiger partial charge on any atom is -0.355 e. The van der Waals surface area contributed by atoms with Crippen LogP contribution in [0.2, 0.25) is 0 Å². The van der Waals surface area contributed by atoms with Crippen LogP contribution in [0.3, 0.4) is 0 Å². The molecule has 0 fully saturated rings. The molecule has 0 aromatic heterocycles. The van der Waals surface area contributed by atoms with Crippen LogP contribution in [0.1, 0.15) is 30.6 Å². The van der Waals surface area contributed by atoms with E-state index >= 15 is 0 Å². The van der Waals surface area contributed by atoms with Crippen LogP contribution in [0.4, 0.5) is 0 Å². The summed E-state index contributed by atoms with van der Waals surface area (Å²) in [6.45, 7) is 7.99. The van der Waals surface area contributed by atoms with Crippen molar-refractivity contribution in [2.45, 2.75) is 20.3 Å². The summed E-state index contributed by atoms with van der Waals surface area (Å²) in [6.07, 6.45) is 0.289. The third-order valence-electron chi connectivity index (χ3n) is 4.29. The average molecular weight is 341 g/mol. The lowest BCUT2D eigenvalue weighted by atomic mass is 10.1. The van der Waals surface area contributed by atoms with Crippen LogP contribution >= 0.6 is 0 Å². The third-order valence-corrected chi connectivity index (χ3v) is 4.29. The van der Waals surface area contributed by atoms with Crippen LogP contribution in [-0.4, -0.2) is 49.4 Å². The number of benzene rings is 2. The lowest BCUT2D eigenvalue weighted by molar-refractivity contribution is -0.121. The summed E-state index contributed by atoms with van der Waals surface area (Å²) in [6, 6.07) is 13.5. The highest BCUT2D eigenvalue weighted by Gasteiger charge is 2.08. The SMILES string of the molecule is CCN(CC)CCNC(=O)CCNC(=O)c1ccc2ccccc2c1. The molecule has 0 spiro atoms. The van der Waals surface area contributed by atoms with Gasteiger partial charge in [0.05, 0.1) is 0 Å². The Bertz CT molecular complexity index is 711. The Balaban J connectivity index is 1.73. The van der Waals surface area contributed by atoms with E-state index in [1.54, 1.807) is 0 Å². The Morgan fingerprint density at radius 1 is 0.920 bits per heavy atom. The maximum atomic E-state index is 12.2. The molecule has 2 amide bonds. The van der Waals surface area contributed by atoms with E-state index in [9.17, 15) is 9.59 Å². The molecule has 134 valence electrons. The highest BCUT2D eigenvalue weighted by Crippen LogP contribution is 2.15. The van der Waals surface area contributed by atoms with E-state index < -0.39 is 0 Å². The number of carbonyl (C=O) groups excluding carboxylic acids is 2. The van der Waals surface area contributed by atoms with Crippen molar-refractivity contribution in [1.29, 1.82) is 0 Å². The molecule has 0 aliphatic heterocycles. The first-order chi connectivity index (χ1) is 12.1. The number of amides is 2. The maximum absolute atomic E-state index is 12.2. The molecule has 0 bridgehead atoms. The van der Waals surface area contributed by atoms with Gasteiger partial charge in [0, 0.05) is 31.6 Å². The number of hydrogen-bond acceptors (Lipinski definition) is 3. The predicted octanol–water partition coefficient (Wildman–Crippen LogP) is 2.42. The highest BCUT2D eigenvalue weighted by molar-refractivity contribution is 5.98. The Morgan fingerprint density at radius 3 is 2.36 bits per heavy atom. The standard InChI is InChI=1S/C20H27N3O2/c1-3-23(4-2)14-13-21-19(24)11-12-22-20(25)18-10-9-16-7-5-6-8-17(16)15-18/h5-10,15H,3-4,11-14H2,1-2H3,(H,21,24)(H,22,25). The van der Waals surface area contributed by atoms with E-state index in [1.807, 2.05) is 42.5 Å². The molecule has 5 nitrogen and oxygen atoms in total. The zero-order valence-electron chi connectivity index (χ0n) is 15.0. The smallest absolute Gasteiger partial charge is 0.251 e. The zero-order valence-corrected chi connectivity index (χ0v) is 15.0. The van der Waals surface area contributed by atoms with Gasteiger partial charge >= 0.3 is 0 Å². The number of likely N-dealkylation sites (N-methyl/N-ethyl adjacent to an activating group) is 1. The van der Waals surface area contributed by atoms with Gasteiger partial charge in [0.2, 0.25) is 5.91 Å². The van der Waals surface area contributed by atoms with Gasteiger partial charge in [-0.2, -0.15) is 0 Å². The average Bonchev–Trinajstić information content (AvgIpc) is 2.64. The summed E-state index contributed by atoms with van der Waals surface area (Å²) < 4.78 is 0. The fourth-order valence-corrected chi connectivity index (χ4v) is 2.70. The maximum Gasteiger partial charge on any atom is 0.251 e. The van der Waals surface area contributed by atoms with Crippen molar-refractivity contribution in [3.05, 3.63) is 48.0 Å². The van der Waals surface area contributed by atoms with Gasteiger partial charge in [-0.1, -0.05) is 44.2 Å². The molecule has 0 aliphatic rings. The molecule has 0 saturated heterocycles. The van der Waals surface area contributed by atoms with E-state index in [-0.39, 0.29) is 18.2 Å². The van der Waals surface area contributed by atoms with Crippen LogP contribution in [0.25, 0.3) is 10.8 Å². The van der Waals surface area contributed by atoms with E-state index in [2.05, 4.69) is 29.4 Å². The van der Waals surface area contributed by atoms with Gasteiger partial charge in [-0.05, 0) is 36.0 Å². The largest absolute Gasteiger partial charge is 0.355 e. The number of carbonyl (C=O) groups is 2. The van der Waals surface area contributed by atoms with Crippen molar-refractivity contribution in [2.24, 2.45) is 0 Å². The summed E-state index contributed by atoms with van der Waals surface area (Å²) in [5.41, 5.74) is 0.612. The van der Waals surface area contributed by atoms with Crippen LogP contribution in [-0.2, 0) is 4.79 Å². The quantitative estimate of drug-likeness (QED) is 0.736. The van der Waals surface area contributed by atoms with Gasteiger partial charge in [-0.15, -0.1) is 0 Å². The topological polar surface area (TPSA) is 61.4 Å². The second-order valence-electron chi connectivity index (χ2n) is 5.94. The molecule has 2 aromatic rings. The molecule has 0 aliphatic carbocycles. The fourth-order valence-electron chi connectivity index (χ4n) is 2.70. The van der Waals surface area contributed by atoms with Crippen LogP contribution in [0, 0.1) is 0 Å². The summed E-state index contributed by atoms with van der Waals surface area (Å²) in [7, 11) is 0. The first-order valence-electron chi connectivity index (χ1n) is 8.90. The van der Waals surface area contributed by atoms with Crippen LogP contribution in [0.5, 0.6) is 0 Å². The Labute approximate surface area is 149 Å². The normalized spacial score (nSPS) is 10.8. The first-order valence-corrected chi connectivity index (χ1v) is 8.90. The number of hydrogen-bond donors (Lipinski definition) is 2. The molecule has 2 aromatic carbocycles. The molecular weight excluding hydrogens is 314 g/mol. The van der Waals surface area contributed by atoms with Crippen molar-refractivity contribution in [1.82, 2.24) is 15.5 Å². The number of fused-ring (bicyclic) bond motifs is 1.